The van der Waals surface area contributed by atoms with E-state index in [-0.39, 0.29) is 0 Å². The summed E-state index contributed by atoms with van der Waals surface area (Å²) in [5.41, 5.74) is 0.982. The van der Waals surface area contributed by atoms with Crippen LogP contribution in [0.2, 0.25) is 0 Å². The van der Waals surface area contributed by atoms with E-state index in [0.29, 0.717) is 11.8 Å². The van der Waals surface area contributed by atoms with Crippen molar-refractivity contribution < 1.29 is 4.79 Å². The van der Waals surface area contributed by atoms with Gasteiger partial charge in [0.15, 0.2) is 0 Å². The monoisotopic (exact) mass is 165 g/mol. The number of aldehydes is 1. The highest BCUT2D eigenvalue weighted by Gasteiger charge is 2.36. The van der Waals surface area contributed by atoms with Crippen molar-refractivity contribution in [3.8, 4) is 0 Å². The van der Waals surface area contributed by atoms with Crippen LogP contribution in [-0.4, -0.2) is 12.8 Å². The van der Waals surface area contributed by atoms with E-state index in [4.69, 9.17) is 0 Å². The van der Waals surface area contributed by atoms with Crippen molar-refractivity contribution in [1.29, 1.82) is 0 Å². The second-order valence-corrected chi connectivity index (χ2v) is 4.00. The van der Waals surface area contributed by atoms with Gasteiger partial charge in [0.25, 0.3) is 0 Å². The highest BCUT2D eigenvalue weighted by molar-refractivity contribution is 5.74. The smallest absolute Gasteiger partial charge is 0.147 e. The number of carbonyl (C=O) groups excluding carboxylic acids is 1. The molecule has 66 valence electrons. The van der Waals surface area contributed by atoms with Crippen LogP contribution >= 0.6 is 0 Å². The molecule has 3 atom stereocenters. The molecule has 1 saturated carbocycles. The fourth-order valence-corrected chi connectivity index (χ4v) is 2.57. The lowest BCUT2D eigenvalue weighted by atomic mass is 9.84. The Kier molecular flexibility index (Phi) is 1.91. The third-order valence-corrected chi connectivity index (χ3v) is 3.37. The molecule has 12 heavy (non-hydrogen) atoms. The van der Waals surface area contributed by atoms with Gasteiger partial charge in [-0.2, -0.15) is 0 Å². The average molecular weight is 165 g/mol. The maximum Gasteiger partial charge on any atom is 0.147 e. The van der Waals surface area contributed by atoms with Crippen LogP contribution in [0.3, 0.4) is 0 Å². The van der Waals surface area contributed by atoms with Gasteiger partial charge in [-0.15, -0.1) is 0 Å². The second kappa shape index (κ2) is 2.92. The van der Waals surface area contributed by atoms with Crippen LogP contribution in [0.1, 0.15) is 19.8 Å². The van der Waals surface area contributed by atoms with Gasteiger partial charge in [-0.1, -0.05) is 6.92 Å². The summed E-state index contributed by atoms with van der Waals surface area (Å²) in [7, 11) is 0. The van der Waals surface area contributed by atoms with E-state index in [0.717, 1.165) is 24.3 Å². The SMILES string of the molecule is C[C@@H]1CC[C@@H]2C(C=O)=CNC[C@H]12. The number of fused-ring (bicyclic) bond motifs is 1. The van der Waals surface area contributed by atoms with Crippen molar-refractivity contribution in [2.75, 3.05) is 6.54 Å². The minimum absolute atomic E-state index is 0.554. The second-order valence-electron chi connectivity index (χ2n) is 4.00. The van der Waals surface area contributed by atoms with Crippen molar-refractivity contribution in [3.05, 3.63) is 11.8 Å². The van der Waals surface area contributed by atoms with Gasteiger partial charge in [0.1, 0.15) is 6.29 Å². The molecule has 1 aliphatic heterocycles. The number of rotatable bonds is 1. The van der Waals surface area contributed by atoms with Gasteiger partial charge in [-0.05, 0) is 30.6 Å². The molecule has 0 saturated heterocycles. The Bertz CT molecular complexity index is 222. The van der Waals surface area contributed by atoms with Gasteiger partial charge in [-0.3, -0.25) is 4.79 Å². The van der Waals surface area contributed by atoms with Crippen molar-refractivity contribution in [2.45, 2.75) is 19.8 Å². The lowest BCUT2D eigenvalue weighted by molar-refractivity contribution is -0.105. The van der Waals surface area contributed by atoms with Gasteiger partial charge >= 0.3 is 0 Å². The molecule has 0 aromatic rings. The summed E-state index contributed by atoms with van der Waals surface area (Å²) in [5.74, 6) is 2.04. The summed E-state index contributed by atoms with van der Waals surface area (Å²) in [4.78, 5) is 10.7. The third-order valence-electron chi connectivity index (χ3n) is 3.37. The van der Waals surface area contributed by atoms with Crippen LogP contribution in [0.5, 0.6) is 0 Å². The van der Waals surface area contributed by atoms with Crippen LogP contribution in [0, 0.1) is 17.8 Å². The number of nitrogens with one attached hydrogen (secondary N) is 1. The van der Waals surface area contributed by atoms with Gasteiger partial charge in [0, 0.05) is 18.3 Å². The van der Waals surface area contributed by atoms with Crippen molar-refractivity contribution >= 4 is 6.29 Å². The zero-order valence-electron chi connectivity index (χ0n) is 7.42. The number of hydrogen-bond acceptors (Lipinski definition) is 2. The summed E-state index contributed by atoms with van der Waals surface area (Å²) in [5, 5.41) is 3.19. The lowest BCUT2D eigenvalue weighted by Crippen LogP contribution is -2.31. The first-order valence-corrected chi connectivity index (χ1v) is 4.71. The molecule has 0 aromatic heterocycles. The molecule has 2 rings (SSSR count). The Morgan fingerprint density at radius 3 is 3.17 bits per heavy atom. The van der Waals surface area contributed by atoms with Crippen LogP contribution < -0.4 is 5.32 Å². The third kappa shape index (κ3) is 1.06. The molecule has 0 radical (unpaired) electrons. The number of allylic oxidation sites excluding steroid dienone is 1. The summed E-state index contributed by atoms with van der Waals surface area (Å²) < 4.78 is 0. The Morgan fingerprint density at radius 2 is 2.42 bits per heavy atom. The molecule has 1 N–H and O–H groups in total. The van der Waals surface area contributed by atoms with Crippen LogP contribution in [-0.2, 0) is 4.79 Å². The quantitative estimate of drug-likeness (QED) is 0.594. The highest BCUT2D eigenvalue weighted by Crippen LogP contribution is 2.41. The topological polar surface area (TPSA) is 29.1 Å². The summed E-state index contributed by atoms with van der Waals surface area (Å²) in [6, 6.07) is 0. The molecule has 0 aromatic carbocycles. The maximum absolute atomic E-state index is 10.7. The molecule has 2 nitrogen and oxygen atoms in total. The summed E-state index contributed by atoms with van der Waals surface area (Å²) >= 11 is 0. The Labute approximate surface area is 73.0 Å². The minimum atomic E-state index is 0.554. The standard InChI is InChI=1S/C10H15NO/c1-7-2-3-9-8(6-12)4-11-5-10(7)9/h4,6-7,9-11H,2-3,5H2,1H3/t7-,9-,10-/m1/s1. The molecule has 2 heteroatoms. The van der Waals surface area contributed by atoms with Gasteiger partial charge in [-0.25, -0.2) is 0 Å². The molecular formula is C10H15NO. The molecule has 1 heterocycles. The van der Waals surface area contributed by atoms with Crippen LogP contribution in [0.4, 0.5) is 0 Å². The van der Waals surface area contributed by atoms with Gasteiger partial charge in [0.2, 0.25) is 0 Å². The van der Waals surface area contributed by atoms with E-state index in [9.17, 15) is 4.79 Å². The molecule has 0 bridgehead atoms. The fourth-order valence-electron chi connectivity index (χ4n) is 2.57. The summed E-state index contributed by atoms with van der Waals surface area (Å²) in [6.45, 7) is 3.35. The zero-order valence-corrected chi connectivity index (χ0v) is 7.42. The van der Waals surface area contributed by atoms with E-state index in [2.05, 4.69) is 12.2 Å². The molecule has 0 unspecified atom stereocenters. The predicted octanol–water partition coefficient (Wildman–Crippen LogP) is 1.33. The van der Waals surface area contributed by atoms with Crippen molar-refractivity contribution in [1.82, 2.24) is 5.32 Å². The first-order chi connectivity index (χ1) is 5.83. The van der Waals surface area contributed by atoms with E-state index in [1.807, 2.05) is 6.20 Å². The zero-order chi connectivity index (χ0) is 8.55. The molecular weight excluding hydrogens is 150 g/mol. The largest absolute Gasteiger partial charge is 0.390 e. The highest BCUT2D eigenvalue weighted by atomic mass is 16.1. The van der Waals surface area contributed by atoms with Crippen LogP contribution in [0.25, 0.3) is 0 Å². The molecule has 0 amide bonds. The Balaban J connectivity index is 2.20. The maximum atomic E-state index is 10.7. The minimum Gasteiger partial charge on any atom is -0.390 e. The normalized spacial score (nSPS) is 39.8. The molecule has 0 spiro atoms. The van der Waals surface area contributed by atoms with E-state index in [1.165, 1.54) is 12.8 Å². The van der Waals surface area contributed by atoms with Gasteiger partial charge in [0.05, 0.1) is 0 Å². The summed E-state index contributed by atoms with van der Waals surface area (Å²) in [6.07, 6.45) is 5.40. The molecule has 2 aliphatic rings. The lowest BCUT2D eigenvalue weighted by Gasteiger charge is -2.27. The predicted molar refractivity (Wildman–Crippen MR) is 47.5 cm³/mol. The average Bonchev–Trinajstić information content (AvgIpc) is 2.48. The number of hydrogen-bond donors (Lipinski definition) is 1. The first-order valence-electron chi connectivity index (χ1n) is 4.71. The Hall–Kier alpha value is -0.790. The van der Waals surface area contributed by atoms with Gasteiger partial charge < -0.3 is 5.32 Å². The van der Waals surface area contributed by atoms with Crippen molar-refractivity contribution in [3.63, 3.8) is 0 Å². The van der Waals surface area contributed by atoms with E-state index >= 15 is 0 Å². The van der Waals surface area contributed by atoms with E-state index < -0.39 is 0 Å². The van der Waals surface area contributed by atoms with Crippen LogP contribution in [0.15, 0.2) is 11.8 Å². The van der Waals surface area contributed by atoms with Crippen molar-refractivity contribution in [2.24, 2.45) is 17.8 Å². The fraction of sp³-hybridized carbons (Fsp3) is 0.700. The first kappa shape index (κ1) is 7.84. The molecule has 1 aliphatic carbocycles. The molecule has 1 fully saturated rings. The number of carbonyl (C=O) groups is 1. The Morgan fingerprint density at radius 1 is 1.58 bits per heavy atom. The van der Waals surface area contributed by atoms with E-state index in [1.54, 1.807) is 0 Å².